The van der Waals surface area contributed by atoms with Crippen LogP contribution in [0.3, 0.4) is 0 Å². The number of hydrogen-bond acceptors (Lipinski definition) is 9. The first-order valence-electron chi connectivity index (χ1n) is 14.3. The van der Waals surface area contributed by atoms with Crippen LogP contribution in [0.1, 0.15) is 42.1 Å². The molecule has 0 aromatic heterocycles. The van der Waals surface area contributed by atoms with Crippen LogP contribution in [-0.4, -0.2) is 89.2 Å². The van der Waals surface area contributed by atoms with Gasteiger partial charge in [0.2, 0.25) is 0 Å². The fourth-order valence-electron chi connectivity index (χ4n) is 6.94. The number of carboxylic acids is 1. The summed E-state index contributed by atoms with van der Waals surface area (Å²) < 4.78 is 49.7. The number of halogens is 3. The number of amides is 1. The van der Waals surface area contributed by atoms with Crippen molar-refractivity contribution in [2.45, 2.75) is 61.1 Å². The van der Waals surface area contributed by atoms with Crippen molar-refractivity contribution in [1.29, 1.82) is 0 Å². The average Bonchev–Trinajstić information content (AvgIpc) is 3.36. The van der Waals surface area contributed by atoms with Crippen LogP contribution in [0.25, 0.3) is 0 Å². The van der Waals surface area contributed by atoms with Gasteiger partial charge in [0.15, 0.2) is 23.7 Å². The number of benzene rings is 2. The minimum absolute atomic E-state index is 0.0144. The number of esters is 1. The minimum atomic E-state index is -5.08. The Morgan fingerprint density at radius 1 is 1.18 bits per heavy atom. The molecular formula is C31H33F3N2O9. The molecule has 2 aromatic carbocycles. The monoisotopic (exact) mass is 634 g/mol. The van der Waals surface area contributed by atoms with E-state index in [1.54, 1.807) is 43.5 Å². The Hall–Kier alpha value is -4.14. The lowest BCUT2D eigenvalue weighted by Crippen LogP contribution is -2.74. The van der Waals surface area contributed by atoms with E-state index in [1.807, 2.05) is 19.2 Å². The highest BCUT2D eigenvalue weighted by molar-refractivity contribution is 5.82. The first-order valence-corrected chi connectivity index (χ1v) is 14.3. The standard InChI is InChI=1S/C29H32N2O7.C2HF3O2/c1-31-15-13-28-23-18-8-9-19(36-2)25(23)38-26(28)20(10-12-29(28,35)21(31)16-18)37-22(32)11-14-30-27(34)24(33)17-6-4-3-5-7-17;3-2(4,5)1(6)7/h3-10,21,24,26,33,35H,11-16H2,1-2H3,(H,30,34);(H,6,7)/t21-,24?,26+,28+,29-;/m1./s1. The molecule has 2 aromatic rings. The number of methoxy groups -OCH3 is 1. The number of carbonyl (C=O) groups is 3. The third-order valence-electron chi connectivity index (χ3n) is 9.02. The Labute approximate surface area is 256 Å². The molecule has 0 saturated carbocycles. The fourth-order valence-corrected chi connectivity index (χ4v) is 6.94. The molecule has 0 radical (unpaired) electrons. The lowest BCUT2D eigenvalue weighted by Gasteiger charge is -2.61. The van der Waals surface area contributed by atoms with Crippen LogP contribution in [0.4, 0.5) is 13.2 Å². The lowest BCUT2D eigenvalue weighted by molar-refractivity contribution is -0.192. The number of likely N-dealkylation sites (N-methyl/N-ethyl adjacent to an activating group) is 1. The van der Waals surface area contributed by atoms with Crippen LogP contribution in [0.15, 0.2) is 54.3 Å². The van der Waals surface area contributed by atoms with Crippen molar-refractivity contribution in [3.05, 3.63) is 71.0 Å². The first kappa shape index (κ1) is 32.3. The van der Waals surface area contributed by atoms with Crippen molar-refractivity contribution >= 4 is 17.8 Å². The molecule has 242 valence electrons. The Morgan fingerprint density at radius 2 is 1.87 bits per heavy atom. The summed E-state index contributed by atoms with van der Waals surface area (Å²) in [6, 6.07) is 12.4. The van der Waals surface area contributed by atoms with Gasteiger partial charge in [-0.05, 0) is 49.7 Å². The summed E-state index contributed by atoms with van der Waals surface area (Å²) in [4.78, 5) is 36.3. The topological polar surface area (TPSA) is 155 Å². The van der Waals surface area contributed by atoms with Crippen LogP contribution in [0, 0.1) is 0 Å². The van der Waals surface area contributed by atoms with Gasteiger partial charge in [-0.3, -0.25) is 9.59 Å². The first-order chi connectivity index (χ1) is 21.2. The molecule has 2 aliphatic carbocycles. The highest BCUT2D eigenvalue weighted by Gasteiger charge is 2.72. The smallest absolute Gasteiger partial charge is 0.490 e. The maximum absolute atomic E-state index is 12.9. The number of carbonyl (C=O) groups excluding carboxylic acids is 2. The summed E-state index contributed by atoms with van der Waals surface area (Å²) in [5, 5.41) is 32.2. The molecule has 1 unspecified atom stereocenters. The summed E-state index contributed by atoms with van der Waals surface area (Å²) >= 11 is 0. The minimum Gasteiger partial charge on any atom is -0.493 e. The van der Waals surface area contributed by atoms with Crippen molar-refractivity contribution in [3.63, 3.8) is 0 Å². The van der Waals surface area contributed by atoms with Crippen molar-refractivity contribution in [1.82, 2.24) is 10.2 Å². The number of carboxylic acid groups (broad SMARTS) is 1. The number of rotatable bonds is 7. The summed E-state index contributed by atoms with van der Waals surface area (Å²) in [7, 11) is 3.63. The van der Waals surface area contributed by atoms with Crippen molar-refractivity contribution in [2.24, 2.45) is 0 Å². The van der Waals surface area contributed by atoms with Crippen LogP contribution in [0.2, 0.25) is 0 Å². The molecular weight excluding hydrogens is 601 g/mol. The highest BCUT2D eigenvalue weighted by Crippen LogP contribution is 2.65. The molecule has 4 N–H and O–H groups in total. The van der Waals surface area contributed by atoms with Gasteiger partial charge in [-0.15, -0.1) is 0 Å². The predicted molar refractivity (Wildman–Crippen MR) is 150 cm³/mol. The zero-order valence-corrected chi connectivity index (χ0v) is 24.5. The van der Waals surface area contributed by atoms with Gasteiger partial charge in [0.1, 0.15) is 5.76 Å². The highest BCUT2D eigenvalue weighted by atomic mass is 19.4. The van der Waals surface area contributed by atoms with Gasteiger partial charge >= 0.3 is 18.1 Å². The van der Waals surface area contributed by atoms with Crippen LogP contribution < -0.4 is 14.8 Å². The van der Waals surface area contributed by atoms with Crippen molar-refractivity contribution < 1.29 is 57.1 Å². The Bertz CT molecular complexity index is 1520. The number of nitrogens with one attached hydrogen (secondary N) is 1. The van der Waals surface area contributed by atoms with Gasteiger partial charge in [-0.1, -0.05) is 36.4 Å². The maximum atomic E-state index is 12.9. The van der Waals surface area contributed by atoms with Crippen molar-refractivity contribution in [2.75, 3.05) is 27.2 Å². The molecule has 6 rings (SSSR count). The normalized spacial score (nSPS) is 26.6. The van der Waals surface area contributed by atoms with E-state index in [0.29, 0.717) is 42.1 Å². The number of aliphatic carboxylic acids is 1. The average molecular weight is 635 g/mol. The number of likely N-dealkylation sites (tertiary alicyclic amines) is 1. The molecule has 2 aliphatic heterocycles. The SMILES string of the molecule is COc1ccc2c3c1O[C@H]1C(OC(=O)CCNC(=O)C(O)c4ccccc4)=CC[C@@]4(O)[C@@H](C2)N(C)CC[C@]314.O=C(O)C(F)(F)F. The van der Waals surface area contributed by atoms with E-state index in [0.717, 1.165) is 17.7 Å². The molecule has 1 amide bonds. The van der Waals surface area contributed by atoms with Crippen LogP contribution in [-0.2, 0) is 31.0 Å². The maximum Gasteiger partial charge on any atom is 0.490 e. The molecule has 45 heavy (non-hydrogen) atoms. The van der Waals surface area contributed by atoms with E-state index in [9.17, 15) is 33.0 Å². The zero-order valence-electron chi connectivity index (χ0n) is 24.5. The zero-order chi connectivity index (χ0) is 32.7. The molecule has 4 aliphatic rings. The molecule has 1 fully saturated rings. The van der Waals surface area contributed by atoms with E-state index in [4.69, 9.17) is 24.1 Å². The number of hydrogen-bond donors (Lipinski definition) is 4. The van der Waals surface area contributed by atoms with Gasteiger partial charge in [0.05, 0.1) is 24.5 Å². The third-order valence-corrected chi connectivity index (χ3v) is 9.02. The number of aliphatic hydroxyl groups is 2. The summed E-state index contributed by atoms with van der Waals surface area (Å²) in [6.07, 6.45) is -3.69. The van der Waals surface area contributed by atoms with E-state index in [2.05, 4.69) is 10.2 Å². The largest absolute Gasteiger partial charge is 0.493 e. The van der Waals surface area contributed by atoms with Crippen molar-refractivity contribution in [3.8, 4) is 11.5 Å². The molecule has 1 saturated heterocycles. The second-order valence-electron chi connectivity index (χ2n) is 11.4. The van der Waals surface area contributed by atoms with Gasteiger partial charge in [0.25, 0.3) is 5.91 Å². The fraction of sp³-hybridized carbons (Fsp3) is 0.452. The summed E-state index contributed by atoms with van der Waals surface area (Å²) in [6.45, 7) is 0.792. The predicted octanol–water partition coefficient (Wildman–Crippen LogP) is 2.39. The molecule has 2 heterocycles. The lowest BCUT2D eigenvalue weighted by atomic mass is 9.50. The van der Waals surface area contributed by atoms with Gasteiger partial charge in [-0.2, -0.15) is 13.2 Å². The Balaban J connectivity index is 0.000000515. The number of ether oxygens (including phenoxy) is 3. The van der Waals surface area contributed by atoms with E-state index >= 15 is 0 Å². The van der Waals surface area contributed by atoms with Crippen LogP contribution in [0.5, 0.6) is 11.5 Å². The molecule has 1 spiro atoms. The number of nitrogens with zero attached hydrogens (tertiary/aromatic N) is 1. The molecule has 2 bridgehead atoms. The van der Waals surface area contributed by atoms with E-state index < -0.39 is 47.2 Å². The number of piperidine rings is 1. The van der Waals surface area contributed by atoms with E-state index in [-0.39, 0.29) is 19.0 Å². The Morgan fingerprint density at radius 3 is 2.51 bits per heavy atom. The number of alkyl halides is 3. The molecule has 11 nitrogen and oxygen atoms in total. The number of aliphatic hydroxyl groups excluding tert-OH is 1. The third kappa shape index (κ3) is 5.51. The van der Waals surface area contributed by atoms with Gasteiger partial charge < -0.3 is 39.7 Å². The van der Waals surface area contributed by atoms with Crippen LogP contribution >= 0.6 is 0 Å². The Kier molecular flexibility index (Phi) is 8.59. The summed E-state index contributed by atoms with van der Waals surface area (Å²) in [5.74, 6) is -2.28. The van der Waals surface area contributed by atoms with Gasteiger partial charge in [-0.25, -0.2) is 4.79 Å². The van der Waals surface area contributed by atoms with E-state index in [1.165, 1.54) is 0 Å². The quantitative estimate of drug-likeness (QED) is 0.334. The van der Waals surface area contributed by atoms with Gasteiger partial charge in [0, 0.05) is 24.6 Å². The molecule has 14 heteroatoms. The second-order valence-corrected chi connectivity index (χ2v) is 11.4. The summed E-state index contributed by atoms with van der Waals surface area (Å²) in [5.41, 5.74) is 0.741. The second kappa shape index (κ2) is 12.0. The molecule has 5 atom stereocenters.